The summed E-state index contributed by atoms with van der Waals surface area (Å²) in [6, 6.07) is 0. The highest BCUT2D eigenvalue weighted by Gasteiger charge is 2.38. The molecule has 100 valence electrons. The lowest BCUT2D eigenvalue weighted by molar-refractivity contribution is -0.117. The van der Waals surface area contributed by atoms with Crippen molar-refractivity contribution in [2.24, 2.45) is 0 Å². The van der Waals surface area contributed by atoms with Crippen molar-refractivity contribution >= 4 is 44.8 Å². The van der Waals surface area contributed by atoms with E-state index in [-0.39, 0.29) is 16.0 Å². The van der Waals surface area contributed by atoms with Gasteiger partial charge in [-0.15, -0.1) is 0 Å². The minimum absolute atomic E-state index is 0.0286. The van der Waals surface area contributed by atoms with Crippen molar-refractivity contribution < 1.29 is 13.2 Å². The van der Waals surface area contributed by atoms with E-state index < -0.39 is 20.5 Å². The Bertz CT molecular complexity index is 587. The molecule has 1 amide bonds. The van der Waals surface area contributed by atoms with Crippen molar-refractivity contribution in [1.82, 2.24) is 9.97 Å². The number of nitrogens with one attached hydrogen (secondary N) is 1. The van der Waals surface area contributed by atoms with Crippen molar-refractivity contribution in [2.75, 3.05) is 11.6 Å². The number of rotatable bonds is 3. The standard InChI is InChI=1S/C9H11Cl2N3O3S/c1-9(2,18(3,16)17)8(15)14-7-5(10)6(11)12-4-13-7/h4H,1-3H3,(H,12,13,14,15). The molecule has 6 nitrogen and oxygen atoms in total. The normalized spacial score (nSPS) is 12.3. The van der Waals surface area contributed by atoms with Gasteiger partial charge in [0, 0.05) is 6.26 Å². The molecule has 0 fully saturated rings. The first kappa shape index (κ1) is 15.1. The van der Waals surface area contributed by atoms with E-state index in [1.54, 1.807) is 0 Å². The number of hydrogen-bond donors (Lipinski definition) is 1. The van der Waals surface area contributed by atoms with E-state index >= 15 is 0 Å². The number of carbonyl (C=O) groups is 1. The second kappa shape index (κ2) is 4.99. The number of nitrogens with zero attached hydrogens (tertiary/aromatic N) is 2. The van der Waals surface area contributed by atoms with Crippen LogP contribution in [0.3, 0.4) is 0 Å². The molecule has 1 heterocycles. The van der Waals surface area contributed by atoms with Gasteiger partial charge >= 0.3 is 0 Å². The summed E-state index contributed by atoms with van der Waals surface area (Å²) in [6.07, 6.45) is 2.08. The van der Waals surface area contributed by atoms with E-state index in [1.165, 1.54) is 13.8 Å². The molecule has 0 aromatic carbocycles. The number of amides is 1. The van der Waals surface area contributed by atoms with E-state index in [4.69, 9.17) is 23.2 Å². The van der Waals surface area contributed by atoms with E-state index in [9.17, 15) is 13.2 Å². The zero-order valence-electron chi connectivity index (χ0n) is 9.86. The van der Waals surface area contributed by atoms with Crippen LogP contribution in [0.4, 0.5) is 5.82 Å². The predicted molar refractivity (Wildman–Crippen MR) is 69.6 cm³/mol. The van der Waals surface area contributed by atoms with Gasteiger partial charge in [0.2, 0.25) is 5.91 Å². The summed E-state index contributed by atoms with van der Waals surface area (Å²) >= 11 is 11.4. The van der Waals surface area contributed by atoms with Crippen molar-refractivity contribution in [2.45, 2.75) is 18.6 Å². The molecule has 0 spiro atoms. The molecular formula is C9H11Cl2N3O3S. The summed E-state index contributed by atoms with van der Waals surface area (Å²) in [5.41, 5.74) is 0. The van der Waals surface area contributed by atoms with Gasteiger partial charge in [0.25, 0.3) is 0 Å². The molecule has 0 saturated carbocycles. The Morgan fingerprint density at radius 1 is 1.33 bits per heavy atom. The Balaban J connectivity index is 3.06. The van der Waals surface area contributed by atoms with Crippen molar-refractivity contribution in [3.8, 4) is 0 Å². The van der Waals surface area contributed by atoms with E-state index in [0.29, 0.717) is 0 Å². The largest absolute Gasteiger partial charge is 0.308 e. The van der Waals surface area contributed by atoms with E-state index in [0.717, 1.165) is 12.6 Å². The van der Waals surface area contributed by atoms with Gasteiger partial charge in [-0.1, -0.05) is 23.2 Å². The van der Waals surface area contributed by atoms with Gasteiger partial charge in [0.1, 0.15) is 16.1 Å². The van der Waals surface area contributed by atoms with Crippen LogP contribution in [0.25, 0.3) is 0 Å². The fourth-order valence-corrected chi connectivity index (χ4v) is 1.53. The van der Waals surface area contributed by atoms with Gasteiger partial charge in [-0.05, 0) is 13.8 Å². The van der Waals surface area contributed by atoms with Gasteiger partial charge in [-0.25, -0.2) is 18.4 Å². The highest BCUT2D eigenvalue weighted by atomic mass is 35.5. The summed E-state index contributed by atoms with van der Waals surface area (Å²) in [5.74, 6) is -0.778. The van der Waals surface area contributed by atoms with Gasteiger partial charge in [0.15, 0.2) is 20.8 Å². The molecule has 18 heavy (non-hydrogen) atoms. The zero-order valence-corrected chi connectivity index (χ0v) is 12.2. The van der Waals surface area contributed by atoms with Gasteiger partial charge in [-0.3, -0.25) is 4.79 Å². The van der Waals surface area contributed by atoms with Crippen LogP contribution in [-0.4, -0.2) is 35.3 Å². The van der Waals surface area contributed by atoms with Gasteiger partial charge in [-0.2, -0.15) is 0 Å². The number of sulfone groups is 1. The monoisotopic (exact) mass is 311 g/mol. The lowest BCUT2D eigenvalue weighted by Crippen LogP contribution is -2.44. The highest BCUT2D eigenvalue weighted by Crippen LogP contribution is 2.27. The molecule has 0 atom stereocenters. The smallest absolute Gasteiger partial charge is 0.246 e. The second-order valence-corrected chi connectivity index (χ2v) is 7.36. The number of anilines is 1. The minimum atomic E-state index is -3.58. The lowest BCUT2D eigenvalue weighted by atomic mass is 10.2. The van der Waals surface area contributed by atoms with Crippen LogP contribution in [0.5, 0.6) is 0 Å². The van der Waals surface area contributed by atoms with Crippen LogP contribution in [-0.2, 0) is 14.6 Å². The molecule has 1 N–H and O–H groups in total. The Morgan fingerprint density at radius 2 is 1.89 bits per heavy atom. The topological polar surface area (TPSA) is 89.0 Å². The summed E-state index contributed by atoms with van der Waals surface area (Å²) < 4.78 is 21.4. The molecular weight excluding hydrogens is 301 g/mol. The number of aromatic nitrogens is 2. The Morgan fingerprint density at radius 3 is 2.39 bits per heavy atom. The maximum Gasteiger partial charge on any atom is 0.246 e. The molecule has 1 rings (SSSR count). The van der Waals surface area contributed by atoms with Crippen molar-refractivity contribution in [3.63, 3.8) is 0 Å². The molecule has 0 saturated heterocycles. The van der Waals surface area contributed by atoms with Crippen LogP contribution in [0.15, 0.2) is 6.33 Å². The predicted octanol–water partition coefficient (Wildman–Crippen LogP) is 1.55. The van der Waals surface area contributed by atoms with Crippen LogP contribution in [0.1, 0.15) is 13.8 Å². The summed E-state index contributed by atoms with van der Waals surface area (Å²) in [4.78, 5) is 19.2. The van der Waals surface area contributed by atoms with Crippen LogP contribution in [0, 0.1) is 0 Å². The van der Waals surface area contributed by atoms with Crippen LogP contribution in [0.2, 0.25) is 10.2 Å². The van der Waals surface area contributed by atoms with Gasteiger partial charge in [0.05, 0.1) is 0 Å². The molecule has 0 aliphatic rings. The second-order valence-electron chi connectivity index (χ2n) is 4.06. The fourth-order valence-electron chi connectivity index (χ4n) is 0.862. The van der Waals surface area contributed by atoms with Gasteiger partial charge < -0.3 is 5.32 Å². The summed E-state index contributed by atoms with van der Waals surface area (Å²) in [7, 11) is -3.58. The molecule has 0 aliphatic carbocycles. The molecule has 0 radical (unpaired) electrons. The molecule has 9 heteroatoms. The highest BCUT2D eigenvalue weighted by molar-refractivity contribution is 7.92. The molecule has 1 aromatic heterocycles. The number of hydrogen-bond acceptors (Lipinski definition) is 5. The molecule has 0 unspecified atom stereocenters. The van der Waals surface area contributed by atoms with E-state index in [2.05, 4.69) is 15.3 Å². The third kappa shape index (κ3) is 2.90. The Labute approximate surface area is 115 Å². The summed E-state index contributed by atoms with van der Waals surface area (Å²) in [5, 5.41) is 2.24. The zero-order chi connectivity index (χ0) is 14.1. The Kier molecular flexibility index (Phi) is 4.19. The Hall–Kier alpha value is -0.920. The first-order valence-corrected chi connectivity index (χ1v) is 7.39. The minimum Gasteiger partial charge on any atom is -0.308 e. The average Bonchev–Trinajstić information content (AvgIpc) is 2.23. The summed E-state index contributed by atoms with van der Waals surface area (Å²) in [6.45, 7) is 2.57. The van der Waals surface area contributed by atoms with Crippen LogP contribution >= 0.6 is 23.2 Å². The first-order chi connectivity index (χ1) is 8.07. The fraction of sp³-hybridized carbons (Fsp3) is 0.444. The number of halogens is 2. The van der Waals surface area contributed by atoms with Crippen molar-refractivity contribution in [1.29, 1.82) is 0 Å². The average molecular weight is 312 g/mol. The third-order valence-electron chi connectivity index (χ3n) is 2.45. The maximum absolute atomic E-state index is 11.9. The molecule has 0 aliphatic heterocycles. The number of carbonyl (C=O) groups excluding carboxylic acids is 1. The lowest BCUT2D eigenvalue weighted by Gasteiger charge is -2.21. The van der Waals surface area contributed by atoms with Crippen molar-refractivity contribution in [3.05, 3.63) is 16.5 Å². The molecule has 0 bridgehead atoms. The first-order valence-electron chi connectivity index (χ1n) is 4.74. The van der Waals surface area contributed by atoms with Crippen LogP contribution < -0.4 is 5.32 Å². The van der Waals surface area contributed by atoms with E-state index in [1.807, 2.05) is 0 Å². The molecule has 1 aromatic rings. The maximum atomic E-state index is 11.9. The quantitative estimate of drug-likeness (QED) is 0.855. The SMILES string of the molecule is CC(C)(C(=O)Nc1ncnc(Cl)c1Cl)S(C)(=O)=O. The third-order valence-corrected chi connectivity index (χ3v) is 5.23.